The molecule has 152 valence electrons. The molecule has 0 radical (unpaired) electrons. The molecule has 3 rings (SSSR count). The number of aliphatic hydroxyl groups is 1. The average molecular weight is 379 g/mol. The predicted octanol–water partition coefficient (Wildman–Crippen LogP) is 3.93. The normalized spacial score (nSPS) is 43.5. The Bertz CT molecular complexity index is 670. The number of ether oxygens (including phenoxy) is 2. The van der Waals surface area contributed by atoms with Gasteiger partial charge in [-0.3, -0.25) is 9.59 Å². The second-order valence-corrected chi connectivity index (χ2v) is 9.80. The zero-order chi connectivity index (χ0) is 20.3. The third-order valence-corrected chi connectivity index (χ3v) is 7.53. The minimum Gasteiger partial charge on any atom is -0.457 e. The number of carbonyl (C=O) groups is 2. The van der Waals surface area contributed by atoms with Gasteiger partial charge in [-0.1, -0.05) is 34.3 Å². The molecule has 5 heteroatoms. The largest absolute Gasteiger partial charge is 0.457 e. The number of Topliss-reactive ketones (excluding diaryl/α,β-unsaturated/α-hetero) is 1. The van der Waals surface area contributed by atoms with Crippen molar-refractivity contribution in [2.75, 3.05) is 0 Å². The van der Waals surface area contributed by atoms with Gasteiger partial charge >= 0.3 is 5.97 Å². The van der Waals surface area contributed by atoms with Gasteiger partial charge in [0.1, 0.15) is 5.78 Å². The van der Waals surface area contributed by atoms with Crippen molar-refractivity contribution in [2.24, 2.45) is 16.7 Å². The summed E-state index contributed by atoms with van der Waals surface area (Å²) in [4.78, 5) is 24.0. The third-order valence-electron chi connectivity index (χ3n) is 7.53. The van der Waals surface area contributed by atoms with E-state index in [0.29, 0.717) is 25.7 Å². The molecule has 3 aliphatic rings. The van der Waals surface area contributed by atoms with Gasteiger partial charge in [-0.15, -0.1) is 0 Å². The Morgan fingerprint density at radius 2 is 2.04 bits per heavy atom. The molecule has 2 aliphatic heterocycles. The monoisotopic (exact) mass is 378 g/mol. The quantitative estimate of drug-likeness (QED) is 0.580. The lowest BCUT2D eigenvalue weighted by atomic mass is 9.58. The fourth-order valence-corrected chi connectivity index (χ4v) is 5.70. The van der Waals surface area contributed by atoms with Crippen molar-refractivity contribution in [3.8, 4) is 0 Å². The Kier molecular flexibility index (Phi) is 4.88. The standard InChI is InChI=1S/C22H34O5/c1-14(2)17(24)9-11-20(6)13-21-15(3)8-7-10-19(21,5)12-18(26-16(4)23)22(20,25)27-21/h14,18,25H,3,7-13H2,1-2,4-6H3/t18-,19+,20-,21+,22-/m1/s1. The maximum absolute atomic E-state index is 12.3. The van der Waals surface area contributed by atoms with Crippen LogP contribution in [0.4, 0.5) is 0 Å². The topological polar surface area (TPSA) is 72.8 Å². The Morgan fingerprint density at radius 1 is 1.37 bits per heavy atom. The Hall–Kier alpha value is -1.20. The summed E-state index contributed by atoms with van der Waals surface area (Å²) in [6, 6.07) is 0. The van der Waals surface area contributed by atoms with Gasteiger partial charge in [0.25, 0.3) is 0 Å². The second-order valence-electron chi connectivity index (χ2n) is 9.80. The van der Waals surface area contributed by atoms with Gasteiger partial charge in [0.05, 0.1) is 5.60 Å². The highest BCUT2D eigenvalue weighted by Crippen LogP contribution is 2.69. The van der Waals surface area contributed by atoms with Crippen LogP contribution in [0.15, 0.2) is 12.2 Å². The fraction of sp³-hybridized carbons (Fsp3) is 0.818. The smallest absolute Gasteiger partial charge is 0.303 e. The zero-order valence-electron chi connectivity index (χ0n) is 17.4. The van der Waals surface area contributed by atoms with Crippen LogP contribution < -0.4 is 0 Å². The van der Waals surface area contributed by atoms with Crippen LogP contribution in [-0.2, 0) is 19.1 Å². The SMILES string of the molecule is C=C1CCC[C@@]2(C)C[C@@H](OC(C)=O)[C@@]3(O)O[C@@]12C[C@@]3(C)CCC(=O)C(C)C. The Labute approximate surface area is 162 Å². The van der Waals surface area contributed by atoms with E-state index in [9.17, 15) is 14.7 Å². The summed E-state index contributed by atoms with van der Waals surface area (Å²) < 4.78 is 12.1. The van der Waals surface area contributed by atoms with E-state index in [1.54, 1.807) is 0 Å². The van der Waals surface area contributed by atoms with Crippen LogP contribution in [0, 0.1) is 16.7 Å². The number of ketones is 1. The second kappa shape index (κ2) is 6.41. The summed E-state index contributed by atoms with van der Waals surface area (Å²) >= 11 is 0. The van der Waals surface area contributed by atoms with Crippen LogP contribution in [0.25, 0.3) is 0 Å². The first-order valence-corrected chi connectivity index (χ1v) is 10.2. The van der Waals surface area contributed by atoms with Gasteiger partial charge in [0.2, 0.25) is 5.79 Å². The van der Waals surface area contributed by atoms with E-state index in [0.717, 1.165) is 24.8 Å². The first kappa shape index (κ1) is 20.5. The highest BCUT2D eigenvalue weighted by atomic mass is 16.7. The van der Waals surface area contributed by atoms with Crippen LogP contribution >= 0.6 is 0 Å². The van der Waals surface area contributed by atoms with Crippen molar-refractivity contribution < 1.29 is 24.2 Å². The van der Waals surface area contributed by atoms with Crippen LogP contribution in [0.3, 0.4) is 0 Å². The van der Waals surface area contributed by atoms with Crippen molar-refractivity contribution >= 4 is 11.8 Å². The van der Waals surface area contributed by atoms with E-state index < -0.39 is 28.9 Å². The molecule has 1 N–H and O–H groups in total. The molecule has 5 nitrogen and oxygen atoms in total. The summed E-state index contributed by atoms with van der Waals surface area (Å²) in [7, 11) is 0. The number of fused-ring (bicyclic) bond motifs is 1. The van der Waals surface area contributed by atoms with Gasteiger partial charge in [-0.05, 0) is 44.1 Å². The minimum atomic E-state index is -1.60. The minimum absolute atomic E-state index is 0.0396. The van der Waals surface area contributed by atoms with E-state index in [1.165, 1.54) is 6.92 Å². The van der Waals surface area contributed by atoms with Crippen molar-refractivity contribution in [1.29, 1.82) is 0 Å². The van der Waals surface area contributed by atoms with E-state index in [2.05, 4.69) is 13.5 Å². The lowest BCUT2D eigenvalue weighted by Crippen LogP contribution is -2.63. The van der Waals surface area contributed by atoms with Gasteiger partial charge in [-0.25, -0.2) is 0 Å². The lowest BCUT2D eigenvalue weighted by molar-refractivity contribution is -0.346. The first-order chi connectivity index (χ1) is 12.4. The number of hydrogen-bond donors (Lipinski definition) is 1. The number of rotatable bonds is 5. The molecular weight excluding hydrogens is 344 g/mol. The summed E-state index contributed by atoms with van der Waals surface area (Å²) in [5.41, 5.74) is -0.522. The van der Waals surface area contributed by atoms with Crippen molar-refractivity contribution in [3.05, 3.63) is 12.2 Å². The van der Waals surface area contributed by atoms with Gasteiger partial charge in [0.15, 0.2) is 6.10 Å². The molecule has 5 atom stereocenters. The number of carbonyl (C=O) groups excluding carboxylic acids is 2. The fourth-order valence-electron chi connectivity index (χ4n) is 5.70. The first-order valence-electron chi connectivity index (χ1n) is 10.2. The molecular formula is C22H34O5. The number of hydrogen-bond acceptors (Lipinski definition) is 5. The van der Waals surface area contributed by atoms with Gasteiger partial charge in [-0.2, -0.15) is 0 Å². The Morgan fingerprint density at radius 3 is 2.63 bits per heavy atom. The van der Waals surface area contributed by atoms with Crippen molar-refractivity contribution in [1.82, 2.24) is 0 Å². The van der Waals surface area contributed by atoms with Crippen LogP contribution in [0.5, 0.6) is 0 Å². The van der Waals surface area contributed by atoms with E-state index in [-0.39, 0.29) is 17.1 Å². The molecule has 27 heavy (non-hydrogen) atoms. The van der Waals surface area contributed by atoms with E-state index in [1.807, 2.05) is 20.8 Å². The van der Waals surface area contributed by atoms with Crippen molar-refractivity contribution in [3.63, 3.8) is 0 Å². The Balaban J connectivity index is 2.01. The molecule has 2 bridgehead atoms. The van der Waals surface area contributed by atoms with Gasteiger partial charge in [0, 0.05) is 30.1 Å². The summed E-state index contributed by atoms with van der Waals surface area (Å²) in [6.07, 6.45) is 4.15. The maximum atomic E-state index is 12.3. The van der Waals surface area contributed by atoms with E-state index >= 15 is 0 Å². The third kappa shape index (κ3) is 2.89. The molecule has 2 heterocycles. The molecule has 1 saturated carbocycles. The number of esters is 1. The summed E-state index contributed by atoms with van der Waals surface area (Å²) in [5, 5.41) is 11.7. The van der Waals surface area contributed by atoms with Crippen molar-refractivity contribution in [2.45, 2.75) is 97.1 Å². The zero-order valence-corrected chi connectivity index (χ0v) is 17.4. The summed E-state index contributed by atoms with van der Waals surface area (Å²) in [6.45, 7) is 13.6. The van der Waals surface area contributed by atoms with Crippen LogP contribution in [0.2, 0.25) is 0 Å². The van der Waals surface area contributed by atoms with Gasteiger partial charge < -0.3 is 14.6 Å². The lowest BCUT2D eigenvalue weighted by Gasteiger charge is -2.56. The molecule has 0 amide bonds. The average Bonchev–Trinajstić information content (AvgIpc) is 2.77. The highest BCUT2D eigenvalue weighted by molar-refractivity contribution is 5.80. The molecule has 1 spiro atoms. The highest BCUT2D eigenvalue weighted by Gasteiger charge is 2.75. The molecule has 1 aliphatic carbocycles. The summed E-state index contributed by atoms with van der Waals surface area (Å²) in [5.74, 6) is -1.89. The van der Waals surface area contributed by atoms with E-state index in [4.69, 9.17) is 9.47 Å². The molecule has 0 aromatic heterocycles. The molecule has 0 aromatic carbocycles. The van der Waals surface area contributed by atoms with Crippen LogP contribution in [-0.4, -0.2) is 34.4 Å². The predicted molar refractivity (Wildman–Crippen MR) is 102 cm³/mol. The molecule has 3 fully saturated rings. The molecule has 0 aromatic rings. The molecule has 2 saturated heterocycles. The van der Waals surface area contributed by atoms with Crippen LogP contribution in [0.1, 0.15) is 79.6 Å². The molecule has 0 unspecified atom stereocenters. The maximum Gasteiger partial charge on any atom is 0.303 e.